The smallest absolute Gasteiger partial charge is 0.279 e. The highest BCUT2D eigenvalue weighted by molar-refractivity contribution is 5.84. The van der Waals surface area contributed by atoms with E-state index in [0.717, 1.165) is 16.7 Å². The largest absolute Gasteiger partial charge is 0.493 e. The van der Waals surface area contributed by atoms with Gasteiger partial charge in [-0.2, -0.15) is 0 Å². The maximum absolute atomic E-state index is 12.1. The SMILES string of the molecule is Cc1ccc(OCCC(=O)NNC(=O)[C@@H](C)Oc2cccc(C)c2C)cc1. The van der Waals surface area contributed by atoms with E-state index in [0.29, 0.717) is 11.5 Å². The second-order valence-electron chi connectivity index (χ2n) is 6.41. The van der Waals surface area contributed by atoms with Crippen LogP contribution in [0.5, 0.6) is 11.5 Å². The number of aryl methyl sites for hydroxylation is 2. The van der Waals surface area contributed by atoms with Gasteiger partial charge in [-0.3, -0.25) is 20.4 Å². The third kappa shape index (κ3) is 6.33. The Hall–Kier alpha value is -3.02. The highest BCUT2D eigenvalue weighted by Crippen LogP contribution is 2.21. The van der Waals surface area contributed by atoms with Gasteiger partial charge in [-0.25, -0.2) is 0 Å². The number of hydrazine groups is 1. The number of hydrogen-bond acceptors (Lipinski definition) is 4. The Kier molecular flexibility index (Phi) is 7.23. The molecule has 2 aromatic rings. The zero-order valence-electron chi connectivity index (χ0n) is 16.2. The minimum absolute atomic E-state index is 0.125. The standard InChI is InChI=1S/C21H26N2O4/c1-14-8-10-18(11-9-14)26-13-12-20(24)22-23-21(25)17(4)27-19-7-5-6-15(2)16(19)3/h5-11,17H,12-13H2,1-4H3,(H,22,24)(H,23,25)/t17-/m1/s1. The molecule has 0 spiro atoms. The molecule has 2 amide bonds. The first-order valence-corrected chi connectivity index (χ1v) is 8.88. The fourth-order valence-electron chi connectivity index (χ4n) is 2.29. The summed E-state index contributed by atoms with van der Waals surface area (Å²) in [4.78, 5) is 23.9. The Morgan fingerprint density at radius 3 is 2.41 bits per heavy atom. The van der Waals surface area contributed by atoms with Gasteiger partial charge in [-0.05, 0) is 57.0 Å². The monoisotopic (exact) mass is 370 g/mol. The molecule has 0 saturated heterocycles. The van der Waals surface area contributed by atoms with Crippen LogP contribution in [0.2, 0.25) is 0 Å². The van der Waals surface area contributed by atoms with Crippen molar-refractivity contribution in [3.8, 4) is 11.5 Å². The van der Waals surface area contributed by atoms with E-state index < -0.39 is 12.0 Å². The van der Waals surface area contributed by atoms with Crippen LogP contribution in [0, 0.1) is 20.8 Å². The molecule has 0 fully saturated rings. The topological polar surface area (TPSA) is 76.7 Å². The van der Waals surface area contributed by atoms with Crippen LogP contribution in [0.4, 0.5) is 0 Å². The lowest BCUT2D eigenvalue weighted by Crippen LogP contribution is -2.47. The molecule has 27 heavy (non-hydrogen) atoms. The van der Waals surface area contributed by atoms with Crippen molar-refractivity contribution in [3.63, 3.8) is 0 Å². The number of hydrogen-bond donors (Lipinski definition) is 2. The van der Waals surface area contributed by atoms with Crippen LogP contribution in [-0.4, -0.2) is 24.5 Å². The summed E-state index contributed by atoms with van der Waals surface area (Å²) in [6.45, 7) is 7.75. The van der Waals surface area contributed by atoms with E-state index in [1.54, 1.807) is 6.92 Å². The first-order valence-electron chi connectivity index (χ1n) is 8.88. The van der Waals surface area contributed by atoms with Crippen LogP contribution >= 0.6 is 0 Å². The highest BCUT2D eigenvalue weighted by Gasteiger charge is 2.16. The zero-order chi connectivity index (χ0) is 19.8. The zero-order valence-corrected chi connectivity index (χ0v) is 16.2. The average molecular weight is 370 g/mol. The molecular weight excluding hydrogens is 344 g/mol. The van der Waals surface area contributed by atoms with Crippen LogP contribution < -0.4 is 20.3 Å². The number of carbonyl (C=O) groups excluding carboxylic acids is 2. The van der Waals surface area contributed by atoms with E-state index in [9.17, 15) is 9.59 Å². The number of carbonyl (C=O) groups is 2. The van der Waals surface area contributed by atoms with Gasteiger partial charge >= 0.3 is 0 Å². The van der Waals surface area contributed by atoms with Crippen molar-refractivity contribution in [1.29, 1.82) is 0 Å². The summed E-state index contributed by atoms with van der Waals surface area (Å²) in [5.41, 5.74) is 7.95. The average Bonchev–Trinajstić information content (AvgIpc) is 2.65. The Labute approximate surface area is 159 Å². The summed E-state index contributed by atoms with van der Waals surface area (Å²) in [6.07, 6.45) is -0.616. The Balaban J connectivity index is 1.71. The Morgan fingerprint density at radius 1 is 1.00 bits per heavy atom. The molecule has 6 nitrogen and oxygen atoms in total. The quantitative estimate of drug-likeness (QED) is 0.735. The molecule has 2 N–H and O–H groups in total. The predicted molar refractivity (Wildman–Crippen MR) is 104 cm³/mol. The number of amides is 2. The van der Waals surface area contributed by atoms with E-state index in [2.05, 4.69) is 10.9 Å². The molecule has 2 rings (SSSR count). The van der Waals surface area contributed by atoms with Crippen molar-refractivity contribution >= 4 is 11.8 Å². The minimum atomic E-state index is -0.741. The van der Waals surface area contributed by atoms with Crippen LogP contribution in [0.15, 0.2) is 42.5 Å². The molecule has 0 saturated carbocycles. The summed E-state index contributed by atoms with van der Waals surface area (Å²) in [5, 5.41) is 0. The Morgan fingerprint density at radius 2 is 1.70 bits per heavy atom. The van der Waals surface area contributed by atoms with Gasteiger partial charge in [0, 0.05) is 0 Å². The lowest BCUT2D eigenvalue weighted by molar-refractivity contribution is -0.132. The lowest BCUT2D eigenvalue weighted by Gasteiger charge is -2.17. The van der Waals surface area contributed by atoms with Gasteiger partial charge in [0.15, 0.2) is 6.10 Å². The summed E-state index contributed by atoms with van der Waals surface area (Å²) in [5.74, 6) is 0.585. The molecule has 0 aliphatic heterocycles. The fraction of sp³-hybridized carbons (Fsp3) is 0.333. The van der Waals surface area contributed by atoms with E-state index in [1.807, 2.05) is 63.2 Å². The third-order valence-corrected chi connectivity index (χ3v) is 4.17. The second-order valence-corrected chi connectivity index (χ2v) is 6.41. The van der Waals surface area contributed by atoms with Crippen LogP contribution in [0.3, 0.4) is 0 Å². The van der Waals surface area contributed by atoms with Crippen LogP contribution in [-0.2, 0) is 9.59 Å². The van der Waals surface area contributed by atoms with Crippen LogP contribution in [0.25, 0.3) is 0 Å². The van der Waals surface area contributed by atoms with Gasteiger partial charge in [0.1, 0.15) is 11.5 Å². The normalized spacial score (nSPS) is 11.4. The molecule has 0 bridgehead atoms. The maximum atomic E-state index is 12.1. The number of benzene rings is 2. The minimum Gasteiger partial charge on any atom is -0.493 e. The lowest BCUT2D eigenvalue weighted by atomic mass is 10.1. The molecule has 0 radical (unpaired) electrons. The second kappa shape index (κ2) is 9.62. The number of nitrogens with one attached hydrogen (secondary N) is 2. The van der Waals surface area contributed by atoms with Crippen molar-refractivity contribution in [2.75, 3.05) is 6.61 Å². The molecule has 1 atom stereocenters. The van der Waals surface area contributed by atoms with E-state index in [4.69, 9.17) is 9.47 Å². The summed E-state index contributed by atoms with van der Waals surface area (Å²) in [6, 6.07) is 13.2. The third-order valence-electron chi connectivity index (χ3n) is 4.17. The first-order chi connectivity index (χ1) is 12.9. The summed E-state index contributed by atoms with van der Waals surface area (Å²) < 4.78 is 11.2. The van der Waals surface area contributed by atoms with E-state index in [-0.39, 0.29) is 18.9 Å². The van der Waals surface area contributed by atoms with Crippen molar-refractivity contribution in [1.82, 2.24) is 10.9 Å². The number of rotatable bonds is 7. The molecule has 2 aromatic carbocycles. The molecule has 0 aliphatic carbocycles. The van der Waals surface area contributed by atoms with Crippen molar-refractivity contribution < 1.29 is 19.1 Å². The van der Waals surface area contributed by atoms with Crippen molar-refractivity contribution in [3.05, 3.63) is 59.2 Å². The van der Waals surface area contributed by atoms with Crippen LogP contribution in [0.1, 0.15) is 30.0 Å². The fourth-order valence-corrected chi connectivity index (χ4v) is 2.29. The molecule has 0 unspecified atom stereocenters. The van der Waals surface area contributed by atoms with E-state index in [1.165, 1.54) is 0 Å². The Bertz CT molecular complexity index is 787. The van der Waals surface area contributed by atoms with Gasteiger partial charge in [0.05, 0.1) is 13.0 Å². The van der Waals surface area contributed by atoms with Crippen molar-refractivity contribution in [2.24, 2.45) is 0 Å². The van der Waals surface area contributed by atoms with Gasteiger partial charge in [-0.1, -0.05) is 29.8 Å². The van der Waals surface area contributed by atoms with E-state index >= 15 is 0 Å². The molecule has 0 aliphatic rings. The highest BCUT2D eigenvalue weighted by atomic mass is 16.5. The van der Waals surface area contributed by atoms with Gasteiger partial charge in [-0.15, -0.1) is 0 Å². The maximum Gasteiger partial charge on any atom is 0.279 e. The predicted octanol–water partition coefficient (Wildman–Crippen LogP) is 3.00. The molecule has 6 heteroatoms. The number of ether oxygens (including phenoxy) is 2. The molecule has 144 valence electrons. The van der Waals surface area contributed by atoms with Crippen molar-refractivity contribution in [2.45, 2.75) is 40.2 Å². The van der Waals surface area contributed by atoms with Gasteiger partial charge in [0.2, 0.25) is 5.91 Å². The molecular formula is C21H26N2O4. The summed E-state index contributed by atoms with van der Waals surface area (Å²) in [7, 11) is 0. The summed E-state index contributed by atoms with van der Waals surface area (Å²) >= 11 is 0. The molecule has 0 aromatic heterocycles. The first kappa shape index (κ1) is 20.3. The van der Waals surface area contributed by atoms with Gasteiger partial charge < -0.3 is 9.47 Å². The molecule has 0 heterocycles. The van der Waals surface area contributed by atoms with Gasteiger partial charge in [0.25, 0.3) is 5.91 Å².